The molecule has 8 nitrogen and oxygen atoms in total. The lowest BCUT2D eigenvalue weighted by Gasteiger charge is -2.35. The number of sulfonamides is 1. The molecule has 25 heavy (non-hydrogen) atoms. The van der Waals surface area contributed by atoms with Crippen LogP contribution in [-0.2, 0) is 19.6 Å². The van der Waals surface area contributed by atoms with Gasteiger partial charge < -0.3 is 14.5 Å². The zero-order valence-corrected chi connectivity index (χ0v) is 15.0. The maximum absolute atomic E-state index is 12.4. The summed E-state index contributed by atoms with van der Waals surface area (Å²) in [6.07, 6.45) is 1.78. The number of aromatic nitrogens is 1. The fraction of sp³-hybridized carbons (Fsp3) is 0.625. The van der Waals surface area contributed by atoms with E-state index in [0.29, 0.717) is 52.5 Å². The Kier molecular flexibility index (Phi) is 5.87. The Morgan fingerprint density at radius 2 is 1.80 bits per heavy atom. The largest absolute Gasteiger partial charge is 0.379 e. The van der Waals surface area contributed by atoms with Crippen molar-refractivity contribution in [2.75, 3.05) is 63.1 Å². The van der Waals surface area contributed by atoms with E-state index in [1.54, 1.807) is 11.1 Å². The number of carbonyl (C=O) groups excluding carboxylic acids is 1. The Balaban J connectivity index is 1.46. The van der Waals surface area contributed by atoms with Crippen LogP contribution >= 0.6 is 0 Å². The molecule has 0 radical (unpaired) electrons. The van der Waals surface area contributed by atoms with Gasteiger partial charge in [0.1, 0.15) is 5.82 Å². The zero-order valence-electron chi connectivity index (χ0n) is 14.2. The number of nitrogens with zero attached hydrogens (tertiary/aromatic N) is 4. The third kappa shape index (κ3) is 4.68. The first-order valence-electron chi connectivity index (χ1n) is 8.55. The monoisotopic (exact) mass is 368 g/mol. The number of carbonyl (C=O) groups is 1. The molecule has 0 aromatic carbocycles. The normalized spacial score (nSPS) is 19.8. The Hall–Kier alpha value is -1.71. The molecule has 9 heteroatoms. The second-order valence-corrected chi connectivity index (χ2v) is 8.22. The number of morpholine rings is 1. The quantitative estimate of drug-likeness (QED) is 0.715. The van der Waals surface area contributed by atoms with Gasteiger partial charge in [-0.25, -0.2) is 13.4 Å². The molecular formula is C16H24N4O4S. The molecule has 0 saturated carbocycles. The maximum Gasteiger partial charge on any atom is 0.223 e. The lowest BCUT2D eigenvalue weighted by atomic mass is 10.3. The van der Waals surface area contributed by atoms with Gasteiger partial charge >= 0.3 is 0 Å². The summed E-state index contributed by atoms with van der Waals surface area (Å²) in [5.74, 6) is 0.675. The van der Waals surface area contributed by atoms with Crippen LogP contribution in [0.25, 0.3) is 0 Å². The highest BCUT2D eigenvalue weighted by atomic mass is 32.2. The minimum Gasteiger partial charge on any atom is -0.379 e. The molecule has 0 spiro atoms. The first kappa shape index (κ1) is 18.1. The summed E-state index contributed by atoms with van der Waals surface area (Å²) in [7, 11) is -3.39. The van der Waals surface area contributed by atoms with Crippen molar-refractivity contribution < 1.29 is 17.9 Å². The Labute approximate surface area is 148 Å². The number of rotatable bonds is 5. The Morgan fingerprint density at radius 3 is 2.44 bits per heavy atom. The number of amides is 1. The summed E-state index contributed by atoms with van der Waals surface area (Å²) in [6, 6.07) is 5.76. The van der Waals surface area contributed by atoms with Crippen LogP contribution in [0.5, 0.6) is 0 Å². The third-order valence-corrected chi connectivity index (χ3v) is 6.41. The van der Waals surface area contributed by atoms with Gasteiger partial charge in [-0.05, 0) is 12.1 Å². The van der Waals surface area contributed by atoms with Gasteiger partial charge in [-0.15, -0.1) is 0 Å². The van der Waals surface area contributed by atoms with Crippen LogP contribution in [0, 0.1) is 0 Å². The van der Waals surface area contributed by atoms with Crippen LogP contribution < -0.4 is 4.90 Å². The van der Waals surface area contributed by atoms with E-state index in [-0.39, 0.29) is 18.1 Å². The molecule has 3 heterocycles. The smallest absolute Gasteiger partial charge is 0.223 e. The third-order valence-electron chi connectivity index (χ3n) is 4.54. The first-order chi connectivity index (χ1) is 12.1. The molecule has 2 aliphatic heterocycles. The molecular weight excluding hydrogens is 344 g/mol. The van der Waals surface area contributed by atoms with Crippen LogP contribution in [0.1, 0.15) is 6.42 Å². The summed E-state index contributed by atoms with van der Waals surface area (Å²) < 4.78 is 31.2. The fourth-order valence-electron chi connectivity index (χ4n) is 3.05. The predicted octanol–water partition coefficient (Wildman–Crippen LogP) is -0.218. The van der Waals surface area contributed by atoms with Crippen LogP contribution in [0.4, 0.5) is 5.82 Å². The van der Waals surface area contributed by atoms with Gasteiger partial charge in [0.2, 0.25) is 15.9 Å². The molecule has 138 valence electrons. The highest BCUT2D eigenvalue weighted by Gasteiger charge is 2.27. The summed E-state index contributed by atoms with van der Waals surface area (Å²) in [5, 5.41) is 0. The number of pyridine rings is 1. The van der Waals surface area contributed by atoms with Crippen molar-refractivity contribution in [1.29, 1.82) is 0 Å². The zero-order chi connectivity index (χ0) is 17.7. The van der Waals surface area contributed by atoms with E-state index in [2.05, 4.69) is 9.88 Å². The average Bonchev–Trinajstić information content (AvgIpc) is 2.68. The van der Waals surface area contributed by atoms with E-state index in [1.165, 1.54) is 4.31 Å². The predicted molar refractivity (Wildman–Crippen MR) is 93.8 cm³/mol. The number of hydrogen-bond donors (Lipinski definition) is 0. The molecule has 0 aliphatic carbocycles. The highest BCUT2D eigenvalue weighted by Crippen LogP contribution is 2.14. The van der Waals surface area contributed by atoms with Crippen LogP contribution in [0.3, 0.4) is 0 Å². The van der Waals surface area contributed by atoms with Gasteiger partial charge in [0.25, 0.3) is 0 Å². The van der Waals surface area contributed by atoms with E-state index in [4.69, 9.17) is 4.74 Å². The molecule has 0 atom stereocenters. The summed E-state index contributed by atoms with van der Waals surface area (Å²) in [5.41, 5.74) is 0. The number of ether oxygens (including phenoxy) is 1. The van der Waals surface area contributed by atoms with Gasteiger partial charge in [-0.2, -0.15) is 4.31 Å². The van der Waals surface area contributed by atoms with Crippen LogP contribution in [-0.4, -0.2) is 86.7 Å². The Bertz CT molecular complexity index is 669. The van der Waals surface area contributed by atoms with E-state index in [1.807, 2.05) is 18.2 Å². The number of piperazine rings is 1. The van der Waals surface area contributed by atoms with Crippen molar-refractivity contribution in [3.63, 3.8) is 0 Å². The van der Waals surface area contributed by atoms with Gasteiger partial charge in [-0.1, -0.05) is 6.07 Å². The Morgan fingerprint density at radius 1 is 1.08 bits per heavy atom. The van der Waals surface area contributed by atoms with Crippen molar-refractivity contribution in [3.8, 4) is 0 Å². The second kappa shape index (κ2) is 8.11. The molecule has 3 rings (SSSR count). The summed E-state index contributed by atoms with van der Waals surface area (Å²) in [4.78, 5) is 20.6. The maximum atomic E-state index is 12.4. The van der Waals surface area contributed by atoms with Gasteiger partial charge in [0.15, 0.2) is 0 Å². The molecule has 0 bridgehead atoms. The molecule has 2 fully saturated rings. The number of anilines is 1. The average molecular weight is 368 g/mol. The fourth-order valence-corrected chi connectivity index (χ4v) is 4.45. The topological polar surface area (TPSA) is 83.0 Å². The summed E-state index contributed by atoms with van der Waals surface area (Å²) >= 11 is 0. The second-order valence-electron chi connectivity index (χ2n) is 6.13. The lowest BCUT2D eigenvalue weighted by Crippen LogP contribution is -2.49. The van der Waals surface area contributed by atoms with Crippen molar-refractivity contribution in [3.05, 3.63) is 24.4 Å². The van der Waals surface area contributed by atoms with Crippen molar-refractivity contribution in [2.45, 2.75) is 6.42 Å². The molecule has 2 saturated heterocycles. The van der Waals surface area contributed by atoms with E-state index in [9.17, 15) is 13.2 Å². The van der Waals surface area contributed by atoms with Crippen molar-refractivity contribution >= 4 is 21.7 Å². The van der Waals surface area contributed by atoms with E-state index >= 15 is 0 Å². The highest BCUT2D eigenvalue weighted by molar-refractivity contribution is 7.89. The molecule has 0 unspecified atom stereocenters. The van der Waals surface area contributed by atoms with Gasteiger partial charge in [0.05, 0.1) is 19.0 Å². The van der Waals surface area contributed by atoms with Gasteiger partial charge in [-0.3, -0.25) is 4.79 Å². The van der Waals surface area contributed by atoms with Crippen LogP contribution in [0.2, 0.25) is 0 Å². The number of hydrogen-bond acceptors (Lipinski definition) is 6. The SMILES string of the molecule is O=C(CCS(=O)(=O)N1CCOCC1)N1CCN(c2ccccn2)CC1. The van der Waals surface area contributed by atoms with Gasteiger partial charge in [0, 0.05) is 51.9 Å². The minimum atomic E-state index is -3.39. The summed E-state index contributed by atoms with van der Waals surface area (Å²) in [6.45, 7) is 4.18. The molecule has 1 aromatic heterocycles. The van der Waals surface area contributed by atoms with Crippen molar-refractivity contribution in [1.82, 2.24) is 14.2 Å². The molecule has 1 amide bonds. The first-order valence-corrected chi connectivity index (χ1v) is 10.2. The molecule has 0 N–H and O–H groups in total. The lowest BCUT2D eigenvalue weighted by molar-refractivity contribution is -0.131. The molecule has 1 aromatic rings. The van der Waals surface area contributed by atoms with Crippen LogP contribution in [0.15, 0.2) is 24.4 Å². The van der Waals surface area contributed by atoms with Crippen molar-refractivity contribution in [2.24, 2.45) is 0 Å². The van der Waals surface area contributed by atoms with E-state index in [0.717, 1.165) is 5.82 Å². The standard InChI is InChI=1S/C16H24N4O4S/c21-16(4-14-25(22,23)20-10-12-24-13-11-20)19-8-6-18(7-9-19)15-3-1-2-5-17-15/h1-3,5H,4,6-14H2. The van der Waals surface area contributed by atoms with E-state index < -0.39 is 10.0 Å². The molecule has 2 aliphatic rings. The minimum absolute atomic E-state index is 0.0310.